The molecule has 0 aromatic rings. The van der Waals surface area contributed by atoms with Crippen LogP contribution in [0.25, 0.3) is 0 Å². The largest absolute Gasteiger partial charge is 0.396 e. The molecule has 1 aliphatic heterocycles. The third kappa shape index (κ3) is 5.31. The summed E-state index contributed by atoms with van der Waals surface area (Å²) in [5.41, 5.74) is 6.59. The van der Waals surface area contributed by atoms with E-state index in [0.717, 1.165) is 37.9 Å². The molecular weight excluding hydrogens is 368 g/mol. The Morgan fingerprint density at radius 2 is 1.97 bits per heavy atom. The standard InChI is InChI=1S/C23H34N2O4/c1-25-19-7-3-5-9-21(19)27-23-14-22(28-23)17-12-10-16(11-13-17)15-26-29-20-8-4-2-6-18(20)24/h2-3,5-7,9,16-17,19,21-23,25H,4,8,10-15,24H2,1H3. The highest BCUT2D eigenvalue weighted by Crippen LogP contribution is 2.39. The van der Waals surface area contributed by atoms with Gasteiger partial charge in [0.1, 0.15) is 0 Å². The van der Waals surface area contributed by atoms with Gasteiger partial charge in [0.25, 0.3) is 0 Å². The highest BCUT2D eigenvalue weighted by atomic mass is 17.2. The zero-order valence-electron chi connectivity index (χ0n) is 17.3. The van der Waals surface area contributed by atoms with Crippen LogP contribution in [0, 0.1) is 11.8 Å². The molecule has 0 amide bonds. The predicted molar refractivity (Wildman–Crippen MR) is 111 cm³/mol. The van der Waals surface area contributed by atoms with Crippen molar-refractivity contribution in [3.63, 3.8) is 0 Å². The third-order valence-electron chi connectivity index (χ3n) is 6.52. The van der Waals surface area contributed by atoms with Crippen molar-refractivity contribution in [2.75, 3.05) is 13.7 Å². The summed E-state index contributed by atoms with van der Waals surface area (Å²) < 4.78 is 12.2. The SMILES string of the molecule is CNC1C=CC=CC1OC1CC(C2CCC(COOC3=C(N)C=CCC3)CC2)O1. The minimum atomic E-state index is -0.0743. The normalized spacial score (nSPS) is 36.9. The van der Waals surface area contributed by atoms with Gasteiger partial charge in [0, 0.05) is 12.8 Å². The molecule has 6 heteroatoms. The molecule has 160 valence electrons. The number of rotatable bonds is 8. The van der Waals surface area contributed by atoms with Gasteiger partial charge in [-0.3, -0.25) is 0 Å². The molecule has 4 atom stereocenters. The van der Waals surface area contributed by atoms with E-state index in [1.54, 1.807) is 0 Å². The summed E-state index contributed by atoms with van der Waals surface area (Å²) in [6, 6.07) is 0.219. The van der Waals surface area contributed by atoms with Gasteiger partial charge in [-0.1, -0.05) is 30.4 Å². The molecule has 6 nitrogen and oxygen atoms in total. The fraction of sp³-hybridized carbons (Fsp3) is 0.652. The zero-order valence-corrected chi connectivity index (χ0v) is 17.3. The third-order valence-corrected chi connectivity index (χ3v) is 6.52. The number of nitrogens with one attached hydrogen (secondary N) is 1. The Kier molecular flexibility index (Phi) is 7.08. The molecule has 1 saturated carbocycles. The molecule has 1 saturated heterocycles. The maximum absolute atomic E-state index is 6.11. The van der Waals surface area contributed by atoms with Crippen LogP contribution in [0.15, 0.2) is 47.9 Å². The van der Waals surface area contributed by atoms with E-state index in [1.807, 2.05) is 19.2 Å². The van der Waals surface area contributed by atoms with Crippen LogP contribution in [0.2, 0.25) is 0 Å². The van der Waals surface area contributed by atoms with Crippen LogP contribution < -0.4 is 11.1 Å². The van der Waals surface area contributed by atoms with E-state index in [9.17, 15) is 0 Å². The first-order chi connectivity index (χ1) is 14.2. The first-order valence-corrected chi connectivity index (χ1v) is 11.0. The Labute approximate surface area is 173 Å². The maximum atomic E-state index is 6.11. The number of hydrogen-bond acceptors (Lipinski definition) is 6. The predicted octanol–water partition coefficient (Wildman–Crippen LogP) is 3.48. The lowest BCUT2D eigenvalue weighted by Gasteiger charge is -2.44. The molecule has 0 bridgehead atoms. The molecule has 3 aliphatic carbocycles. The zero-order chi connectivity index (χ0) is 20.1. The van der Waals surface area contributed by atoms with Crippen LogP contribution in [-0.2, 0) is 19.2 Å². The van der Waals surface area contributed by atoms with Crippen molar-refractivity contribution in [1.82, 2.24) is 5.32 Å². The number of allylic oxidation sites excluding steroid dienone is 5. The van der Waals surface area contributed by atoms with Gasteiger partial charge in [-0.05, 0) is 57.1 Å². The van der Waals surface area contributed by atoms with Gasteiger partial charge in [0.15, 0.2) is 12.0 Å². The van der Waals surface area contributed by atoms with Gasteiger partial charge in [0.2, 0.25) is 0 Å². The molecule has 4 rings (SSSR count). The van der Waals surface area contributed by atoms with Crippen molar-refractivity contribution in [3.8, 4) is 0 Å². The van der Waals surface area contributed by atoms with Crippen molar-refractivity contribution < 1.29 is 19.2 Å². The van der Waals surface area contributed by atoms with Crippen molar-refractivity contribution in [2.45, 2.75) is 69.5 Å². The topological polar surface area (TPSA) is 75.0 Å². The summed E-state index contributed by atoms with van der Waals surface area (Å²) in [5, 5.41) is 3.27. The average molecular weight is 403 g/mol. The highest BCUT2D eigenvalue weighted by Gasteiger charge is 2.40. The second-order valence-corrected chi connectivity index (χ2v) is 8.49. The van der Waals surface area contributed by atoms with Crippen LogP contribution in [0.5, 0.6) is 0 Å². The van der Waals surface area contributed by atoms with Gasteiger partial charge in [-0.15, -0.1) is 0 Å². The van der Waals surface area contributed by atoms with E-state index < -0.39 is 0 Å². The highest BCUT2D eigenvalue weighted by molar-refractivity contribution is 5.22. The Hall–Kier alpha value is -1.60. The van der Waals surface area contributed by atoms with Crippen LogP contribution in [0.1, 0.15) is 44.9 Å². The number of nitrogens with two attached hydrogens (primary N) is 1. The maximum Gasteiger partial charge on any atom is 0.165 e. The molecular formula is C23H34N2O4. The van der Waals surface area contributed by atoms with Crippen molar-refractivity contribution in [1.29, 1.82) is 0 Å². The molecule has 3 N–H and O–H groups in total. The van der Waals surface area contributed by atoms with E-state index in [0.29, 0.717) is 30.2 Å². The summed E-state index contributed by atoms with van der Waals surface area (Å²) in [4.78, 5) is 11.0. The number of hydrogen-bond donors (Lipinski definition) is 2. The monoisotopic (exact) mass is 402 g/mol. The molecule has 0 spiro atoms. The molecule has 2 fully saturated rings. The van der Waals surface area contributed by atoms with E-state index >= 15 is 0 Å². The van der Waals surface area contributed by atoms with E-state index in [2.05, 4.69) is 29.6 Å². The Balaban J connectivity index is 1.11. The Morgan fingerprint density at radius 3 is 2.72 bits per heavy atom. The van der Waals surface area contributed by atoms with Gasteiger partial charge in [0.05, 0.1) is 30.6 Å². The average Bonchev–Trinajstić information content (AvgIpc) is 2.73. The Bertz CT molecular complexity index is 658. The minimum absolute atomic E-state index is 0.0487. The molecule has 4 aliphatic rings. The number of likely N-dealkylation sites (N-methyl/N-ethyl adjacent to an activating group) is 1. The van der Waals surface area contributed by atoms with Crippen molar-refractivity contribution in [3.05, 3.63) is 47.9 Å². The molecule has 1 heterocycles. The van der Waals surface area contributed by atoms with E-state index in [4.69, 9.17) is 25.0 Å². The lowest BCUT2D eigenvalue weighted by molar-refractivity contribution is -0.287. The second kappa shape index (κ2) is 9.94. The fourth-order valence-corrected chi connectivity index (χ4v) is 4.60. The molecule has 4 unspecified atom stereocenters. The quantitative estimate of drug-likeness (QED) is 0.478. The van der Waals surface area contributed by atoms with Gasteiger partial charge in [-0.25, -0.2) is 0 Å². The van der Waals surface area contributed by atoms with Crippen LogP contribution in [-0.4, -0.2) is 38.2 Å². The summed E-state index contributed by atoms with van der Waals surface area (Å²) >= 11 is 0. The van der Waals surface area contributed by atoms with E-state index in [1.165, 1.54) is 12.8 Å². The fourth-order valence-electron chi connectivity index (χ4n) is 4.60. The number of ether oxygens (including phenoxy) is 2. The van der Waals surface area contributed by atoms with Gasteiger partial charge >= 0.3 is 0 Å². The lowest BCUT2D eigenvalue weighted by atomic mass is 9.78. The van der Waals surface area contributed by atoms with Crippen LogP contribution >= 0.6 is 0 Å². The van der Waals surface area contributed by atoms with Crippen molar-refractivity contribution in [2.24, 2.45) is 17.6 Å². The Morgan fingerprint density at radius 1 is 1.17 bits per heavy atom. The van der Waals surface area contributed by atoms with Gasteiger partial charge < -0.3 is 25.4 Å². The van der Waals surface area contributed by atoms with Gasteiger partial charge in [-0.2, -0.15) is 4.89 Å². The first kappa shape index (κ1) is 20.7. The summed E-state index contributed by atoms with van der Waals surface area (Å²) in [5.74, 6) is 1.95. The molecule has 0 radical (unpaired) electrons. The first-order valence-electron chi connectivity index (χ1n) is 11.0. The van der Waals surface area contributed by atoms with Crippen molar-refractivity contribution >= 4 is 0 Å². The summed E-state index contributed by atoms with van der Waals surface area (Å²) in [6.45, 7) is 0.636. The molecule has 0 aromatic heterocycles. The molecule has 0 aromatic carbocycles. The van der Waals surface area contributed by atoms with E-state index in [-0.39, 0.29) is 18.4 Å². The summed E-state index contributed by atoms with van der Waals surface area (Å²) in [7, 11) is 1.96. The van der Waals surface area contributed by atoms with Crippen LogP contribution in [0.3, 0.4) is 0 Å². The van der Waals surface area contributed by atoms with Crippen LogP contribution in [0.4, 0.5) is 0 Å². The molecule has 29 heavy (non-hydrogen) atoms. The lowest BCUT2D eigenvalue weighted by Crippen LogP contribution is -2.49. The summed E-state index contributed by atoms with van der Waals surface area (Å²) in [6.07, 6.45) is 20.0. The smallest absolute Gasteiger partial charge is 0.165 e. The minimum Gasteiger partial charge on any atom is -0.396 e. The second-order valence-electron chi connectivity index (χ2n) is 8.49.